The number of rotatable bonds is 9. The van der Waals surface area contributed by atoms with Crippen molar-refractivity contribution < 1.29 is 24.2 Å². The molecule has 0 radical (unpaired) electrons. The quantitative estimate of drug-likeness (QED) is 0.514. The number of urea groups is 1. The maximum Gasteiger partial charge on any atom is 0.321 e. The van der Waals surface area contributed by atoms with Crippen LogP contribution in [0.25, 0.3) is 0 Å². The Labute approximate surface area is 151 Å². The first-order chi connectivity index (χ1) is 11.8. The molecule has 1 atom stereocenters. The Kier molecular flexibility index (Phi) is 8.83. The highest BCUT2D eigenvalue weighted by molar-refractivity contribution is 7.98. The molecule has 0 fully saturated rings. The molecule has 2 N–H and O–H groups in total. The van der Waals surface area contributed by atoms with E-state index in [1.807, 2.05) is 18.2 Å². The molecule has 7 nitrogen and oxygen atoms in total. The molecule has 25 heavy (non-hydrogen) atoms. The number of ether oxygens (including phenoxy) is 1. The van der Waals surface area contributed by atoms with Crippen molar-refractivity contribution in [2.75, 3.05) is 31.8 Å². The summed E-state index contributed by atoms with van der Waals surface area (Å²) >= 11 is 1.61. The van der Waals surface area contributed by atoms with E-state index in [0.29, 0.717) is 23.6 Å². The first kappa shape index (κ1) is 20.8. The van der Waals surface area contributed by atoms with Crippen LogP contribution in [0.2, 0.25) is 0 Å². The van der Waals surface area contributed by atoms with Crippen molar-refractivity contribution in [2.24, 2.45) is 5.92 Å². The van der Waals surface area contributed by atoms with Crippen molar-refractivity contribution in [3.05, 3.63) is 29.8 Å². The molecular formula is C17H24N2O5S. The first-order valence-corrected chi connectivity index (χ1v) is 8.97. The van der Waals surface area contributed by atoms with E-state index in [9.17, 15) is 14.4 Å². The normalized spacial score (nSPS) is 11.5. The van der Waals surface area contributed by atoms with E-state index in [-0.39, 0.29) is 18.5 Å². The molecule has 138 valence electrons. The molecular weight excluding hydrogens is 344 g/mol. The number of methoxy groups -OCH3 is 1. The summed E-state index contributed by atoms with van der Waals surface area (Å²) in [5.41, 5.74) is 1.67. The van der Waals surface area contributed by atoms with Crippen LogP contribution in [0.3, 0.4) is 0 Å². The number of benzene rings is 1. The van der Waals surface area contributed by atoms with E-state index >= 15 is 0 Å². The predicted octanol–water partition coefficient (Wildman–Crippen LogP) is 2.67. The Bertz CT molecular complexity index is 608. The van der Waals surface area contributed by atoms with E-state index in [2.05, 4.69) is 10.1 Å². The smallest absolute Gasteiger partial charge is 0.321 e. The molecule has 1 aromatic carbocycles. The van der Waals surface area contributed by atoms with Gasteiger partial charge in [0.1, 0.15) is 0 Å². The average molecular weight is 368 g/mol. The number of carbonyl (C=O) groups is 3. The van der Waals surface area contributed by atoms with Gasteiger partial charge < -0.3 is 20.1 Å². The van der Waals surface area contributed by atoms with Crippen molar-refractivity contribution in [2.45, 2.75) is 19.1 Å². The van der Waals surface area contributed by atoms with Crippen molar-refractivity contribution in [3.63, 3.8) is 0 Å². The van der Waals surface area contributed by atoms with Crippen molar-refractivity contribution in [3.8, 4) is 0 Å². The van der Waals surface area contributed by atoms with Gasteiger partial charge in [-0.2, -0.15) is 11.8 Å². The molecule has 2 amide bonds. The van der Waals surface area contributed by atoms with Crippen LogP contribution in [-0.2, 0) is 20.1 Å². The Morgan fingerprint density at radius 3 is 2.72 bits per heavy atom. The topological polar surface area (TPSA) is 95.9 Å². The largest absolute Gasteiger partial charge is 0.481 e. The molecule has 0 spiro atoms. The van der Waals surface area contributed by atoms with Gasteiger partial charge in [-0.05, 0) is 17.7 Å². The maximum atomic E-state index is 12.1. The van der Waals surface area contributed by atoms with Crippen LogP contribution in [0.4, 0.5) is 10.5 Å². The van der Waals surface area contributed by atoms with Crippen LogP contribution in [0.1, 0.15) is 18.9 Å². The number of anilines is 1. The maximum absolute atomic E-state index is 12.1. The zero-order valence-electron chi connectivity index (χ0n) is 14.7. The standard InChI is InChI=1S/C17H24N2O5S/c1-12(16(21)22)10-19(2)17(23)18-14-6-4-5-13(9-14)11-25-8-7-15(20)24-3/h4-6,9,12H,7-8,10-11H2,1-3H3,(H,18,23)(H,21,22). The van der Waals surface area contributed by atoms with Gasteiger partial charge >= 0.3 is 18.0 Å². The lowest BCUT2D eigenvalue weighted by molar-refractivity contribution is -0.141. The van der Waals surface area contributed by atoms with Gasteiger partial charge in [-0.3, -0.25) is 9.59 Å². The minimum Gasteiger partial charge on any atom is -0.481 e. The van der Waals surface area contributed by atoms with E-state index in [1.54, 1.807) is 31.8 Å². The summed E-state index contributed by atoms with van der Waals surface area (Å²) in [6.07, 6.45) is 0.365. The fraction of sp³-hybridized carbons (Fsp3) is 0.471. The number of nitrogens with one attached hydrogen (secondary N) is 1. The van der Waals surface area contributed by atoms with Gasteiger partial charge in [0, 0.05) is 30.8 Å². The summed E-state index contributed by atoms with van der Waals surface area (Å²) in [6.45, 7) is 1.68. The minimum absolute atomic E-state index is 0.129. The highest BCUT2D eigenvalue weighted by Gasteiger charge is 2.17. The lowest BCUT2D eigenvalue weighted by atomic mass is 10.2. The Hall–Kier alpha value is -2.22. The van der Waals surface area contributed by atoms with E-state index in [0.717, 1.165) is 5.56 Å². The third-order valence-corrected chi connectivity index (χ3v) is 4.47. The van der Waals surface area contributed by atoms with Crippen LogP contribution >= 0.6 is 11.8 Å². The van der Waals surface area contributed by atoms with Crippen molar-refractivity contribution >= 4 is 35.4 Å². The number of carboxylic acids is 1. The number of aliphatic carboxylic acids is 1. The first-order valence-electron chi connectivity index (χ1n) is 7.82. The molecule has 0 aromatic heterocycles. The molecule has 0 bridgehead atoms. The third-order valence-electron chi connectivity index (χ3n) is 3.44. The highest BCUT2D eigenvalue weighted by Crippen LogP contribution is 2.17. The second kappa shape index (κ2) is 10.6. The van der Waals surface area contributed by atoms with Crippen LogP contribution in [0.15, 0.2) is 24.3 Å². The van der Waals surface area contributed by atoms with E-state index < -0.39 is 11.9 Å². The van der Waals surface area contributed by atoms with Gasteiger partial charge in [0.2, 0.25) is 0 Å². The predicted molar refractivity (Wildman–Crippen MR) is 97.7 cm³/mol. The molecule has 1 unspecified atom stereocenters. The highest BCUT2D eigenvalue weighted by atomic mass is 32.2. The fourth-order valence-electron chi connectivity index (χ4n) is 1.98. The molecule has 8 heteroatoms. The number of nitrogens with zero attached hydrogens (tertiary/aromatic N) is 1. The summed E-state index contributed by atoms with van der Waals surface area (Å²) in [6, 6.07) is 7.05. The number of carboxylic acid groups (broad SMARTS) is 1. The molecule has 0 aliphatic heterocycles. The molecule has 0 aliphatic carbocycles. The van der Waals surface area contributed by atoms with Gasteiger partial charge in [-0.25, -0.2) is 4.79 Å². The number of hydrogen-bond donors (Lipinski definition) is 2. The van der Waals surface area contributed by atoms with Crippen molar-refractivity contribution in [1.82, 2.24) is 4.90 Å². The summed E-state index contributed by atoms with van der Waals surface area (Å²) in [5.74, 6) is -0.419. The lowest BCUT2D eigenvalue weighted by Crippen LogP contribution is -2.36. The van der Waals surface area contributed by atoms with E-state index in [1.165, 1.54) is 12.0 Å². The molecule has 0 aliphatic rings. The second-order valence-corrected chi connectivity index (χ2v) is 6.73. The van der Waals surface area contributed by atoms with Gasteiger partial charge in [0.05, 0.1) is 19.4 Å². The summed E-state index contributed by atoms with van der Waals surface area (Å²) in [7, 11) is 2.93. The summed E-state index contributed by atoms with van der Waals surface area (Å²) in [4.78, 5) is 35.4. The Morgan fingerprint density at radius 1 is 1.36 bits per heavy atom. The van der Waals surface area contributed by atoms with Gasteiger partial charge in [0.15, 0.2) is 0 Å². The summed E-state index contributed by atoms with van der Waals surface area (Å²) < 4.78 is 4.59. The number of hydrogen-bond acceptors (Lipinski definition) is 5. The lowest BCUT2D eigenvalue weighted by Gasteiger charge is -2.20. The van der Waals surface area contributed by atoms with Crippen molar-refractivity contribution in [1.29, 1.82) is 0 Å². The molecule has 0 saturated heterocycles. The monoisotopic (exact) mass is 368 g/mol. The van der Waals surface area contributed by atoms with Crippen LogP contribution in [0, 0.1) is 5.92 Å². The number of thioether (sulfide) groups is 1. The fourth-order valence-corrected chi connectivity index (χ4v) is 2.85. The molecule has 0 saturated carbocycles. The molecule has 1 rings (SSSR count). The average Bonchev–Trinajstić information content (AvgIpc) is 2.58. The summed E-state index contributed by atoms with van der Waals surface area (Å²) in [5, 5.41) is 11.7. The SMILES string of the molecule is COC(=O)CCSCc1cccc(NC(=O)N(C)CC(C)C(=O)O)c1. The van der Waals surface area contributed by atoms with Gasteiger partial charge in [-0.1, -0.05) is 19.1 Å². The Balaban J connectivity index is 2.50. The van der Waals surface area contributed by atoms with Crippen LogP contribution < -0.4 is 5.32 Å². The van der Waals surface area contributed by atoms with Crippen LogP contribution in [0.5, 0.6) is 0 Å². The van der Waals surface area contributed by atoms with E-state index in [4.69, 9.17) is 5.11 Å². The zero-order chi connectivity index (χ0) is 18.8. The number of amides is 2. The number of carbonyl (C=O) groups excluding carboxylic acids is 2. The third kappa shape index (κ3) is 7.93. The molecule has 1 aromatic rings. The second-order valence-electron chi connectivity index (χ2n) is 5.63. The van der Waals surface area contributed by atoms with Gasteiger partial charge in [-0.15, -0.1) is 0 Å². The van der Waals surface area contributed by atoms with Gasteiger partial charge in [0.25, 0.3) is 0 Å². The minimum atomic E-state index is -0.939. The van der Waals surface area contributed by atoms with Crippen LogP contribution in [-0.4, -0.2) is 54.4 Å². The zero-order valence-corrected chi connectivity index (χ0v) is 15.5. The Morgan fingerprint density at radius 2 is 2.08 bits per heavy atom. The number of esters is 1. The molecule has 0 heterocycles.